The smallest absolute Gasteiger partial charge is 0.410 e. The number of carbonyl (C=O) groups is 4. The Labute approximate surface area is 195 Å². The molecular formula is C22H39N3O6S. The summed E-state index contributed by atoms with van der Waals surface area (Å²) in [6, 6.07) is -2.78. The minimum absolute atomic E-state index is 0.0684. The van der Waals surface area contributed by atoms with E-state index in [1.807, 2.05) is 20.1 Å². The number of carboxylic acids is 1. The molecule has 32 heavy (non-hydrogen) atoms. The fraction of sp³-hybridized carbons (Fsp3) is 0.818. The number of amides is 3. The molecule has 1 aliphatic heterocycles. The fourth-order valence-electron chi connectivity index (χ4n) is 3.44. The number of thioether (sulfide) groups is 1. The van der Waals surface area contributed by atoms with E-state index >= 15 is 0 Å². The predicted molar refractivity (Wildman–Crippen MR) is 125 cm³/mol. The van der Waals surface area contributed by atoms with Gasteiger partial charge in [-0.05, 0) is 66.1 Å². The average molecular weight is 474 g/mol. The molecule has 0 aromatic rings. The number of likely N-dealkylation sites (tertiary alicyclic amines) is 1. The van der Waals surface area contributed by atoms with Crippen LogP contribution in [0.2, 0.25) is 0 Å². The highest BCUT2D eigenvalue weighted by atomic mass is 32.2. The van der Waals surface area contributed by atoms with Gasteiger partial charge in [0.25, 0.3) is 0 Å². The molecule has 0 aromatic heterocycles. The second-order valence-electron chi connectivity index (χ2n) is 10.1. The summed E-state index contributed by atoms with van der Waals surface area (Å²) < 4.78 is 4.70. The van der Waals surface area contributed by atoms with Crippen molar-refractivity contribution in [3.05, 3.63) is 0 Å². The highest BCUT2D eigenvalue weighted by Gasteiger charge is 2.42. The summed E-state index contributed by atoms with van der Waals surface area (Å²) in [5, 5.41) is 14.8. The van der Waals surface area contributed by atoms with Gasteiger partial charge in [-0.3, -0.25) is 14.5 Å². The minimum atomic E-state index is -1.12. The zero-order chi connectivity index (χ0) is 24.9. The highest BCUT2D eigenvalue weighted by molar-refractivity contribution is 8.00. The Morgan fingerprint density at radius 3 is 2.19 bits per heavy atom. The van der Waals surface area contributed by atoms with Crippen LogP contribution < -0.4 is 10.6 Å². The molecule has 0 radical (unpaired) electrons. The molecule has 1 fully saturated rings. The van der Waals surface area contributed by atoms with Gasteiger partial charge in [-0.2, -0.15) is 11.8 Å². The molecule has 1 saturated heterocycles. The van der Waals surface area contributed by atoms with Gasteiger partial charge in [-0.25, -0.2) is 9.59 Å². The quantitative estimate of drug-likeness (QED) is 0.470. The first-order valence-electron chi connectivity index (χ1n) is 11.0. The Morgan fingerprint density at radius 1 is 1.12 bits per heavy atom. The van der Waals surface area contributed by atoms with Gasteiger partial charge in [0.05, 0.1) is 0 Å². The Bertz CT molecular complexity index is 704. The highest BCUT2D eigenvalue weighted by Crippen LogP contribution is 2.27. The number of carboxylic acid groups (broad SMARTS) is 1. The normalized spacial score (nSPS) is 18.8. The third-order valence-electron chi connectivity index (χ3n) is 5.28. The molecular weight excluding hydrogens is 434 g/mol. The van der Waals surface area contributed by atoms with E-state index in [0.717, 1.165) is 0 Å². The van der Waals surface area contributed by atoms with Gasteiger partial charge in [-0.1, -0.05) is 13.8 Å². The van der Waals surface area contributed by atoms with E-state index in [1.54, 1.807) is 34.6 Å². The lowest BCUT2D eigenvalue weighted by atomic mass is 9.99. The van der Waals surface area contributed by atoms with E-state index in [-0.39, 0.29) is 12.3 Å². The van der Waals surface area contributed by atoms with Crippen LogP contribution in [0.3, 0.4) is 0 Å². The summed E-state index contributed by atoms with van der Waals surface area (Å²) in [5.74, 6) is -2.07. The summed E-state index contributed by atoms with van der Waals surface area (Å²) in [5.41, 5.74) is -0.688. The lowest BCUT2D eigenvalue weighted by molar-refractivity contribution is -0.143. The van der Waals surface area contributed by atoms with Crippen molar-refractivity contribution in [1.29, 1.82) is 0 Å². The second kappa shape index (κ2) is 11.2. The first-order valence-corrected chi connectivity index (χ1v) is 12.2. The maximum Gasteiger partial charge on any atom is 0.410 e. The monoisotopic (exact) mass is 473 g/mol. The standard InChI is InChI=1S/C22H39N3O6S/c1-13(2)12-14(19(28)29)23-18(27)16(22(6,7)32-8)24-17(26)15-10-9-11-25(15)20(30)31-21(3,4)5/h13-16H,9-12H2,1-8H3,(H,23,27)(H,24,26)(H,28,29)/t14-,15-,16-/m0/s1. The zero-order valence-corrected chi connectivity index (χ0v) is 21.3. The summed E-state index contributed by atoms with van der Waals surface area (Å²) in [6.45, 7) is 13.0. The molecule has 3 atom stereocenters. The summed E-state index contributed by atoms with van der Waals surface area (Å²) >= 11 is 1.38. The van der Waals surface area contributed by atoms with E-state index < -0.39 is 52.4 Å². The van der Waals surface area contributed by atoms with E-state index in [4.69, 9.17) is 4.74 Å². The maximum atomic E-state index is 13.1. The van der Waals surface area contributed by atoms with Gasteiger partial charge in [0.2, 0.25) is 11.8 Å². The first kappa shape index (κ1) is 28.1. The van der Waals surface area contributed by atoms with Crippen molar-refractivity contribution in [2.45, 2.75) is 96.2 Å². The van der Waals surface area contributed by atoms with Crippen LogP contribution >= 0.6 is 11.8 Å². The minimum Gasteiger partial charge on any atom is -0.480 e. The van der Waals surface area contributed by atoms with Crippen LogP contribution in [0.25, 0.3) is 0 Å². The Balaban J connectivity index is 3.03. The Kier molecular flexibility index (Phi) is 9.86. The molecule has 0 aliphatic carbocycles. The molecule has 184 valence electrons. The molecule has 9 nitrogen and oxygen atoms in total. The summed E-state index contributed by atoms with van der Waals surface area (Å²) in [7, 11) is 0. The molecule has 0 unspecified atom stereocenters. The first-order chi connectivity index (χ1) is 14.6. The predicted octanol–water partition coefficient (Wildman–Crippen LogP) is 2.63. The second-order valence-corrected chi connectivity index (χ2v) is 11.6. The van der Waals surface area contributed by atoms with Gasteiger partial charge >= 0.3 is 12.1 Å². The Hall–Kier alpha value is -1.97. The third-order valence-corrected chi connectivity index (χ3v) is 6.56. The SMILES string of the molecule is CSC(C)(C)[C@@H](NC(=O)[C@@H]1CCCN1C(=O)OC(C)(C)C)C(=O)N[C@@H](CC(C)C)C(=O)O. The van der Waals surface area contributed by atoms with Crippen LogP contribution in [0.15, 0.2) is 0 Å². The molecule has 3 amide bonds. The van der Waals surface area contributed by atoms with Gasteiger partial charge in [-0.15, -0.1) is 0 Å². The number of hydrogen-bond donors (Lipinski definition) is 3. The maximum absolute atomic E-state index is 13.1. The van der Waals surface area contributed by atoms with Crippen LogP contribution in [0, 0.1) is 5.92 Å². The third kappa shape index (κ3) is 8.18. The molecule has 0 bridgehead atoms. The van der Waals surface area contributed by atoms with Crippen LogP contribution in [-0.2, 0) is 19.1 Å². The van der Waals surface area contributed by atoms with E-state index in [1.165, 1.54) is 16.7 Å². The van der Waals surface area contributed by atoms with Gasteiger partial charge in [0.1, 0.15) is 23.7 Å². The molecule has 1 heterocycles. The molecule has 10 heteroatoms. The summed E-state index contributed by atoms with van der Waals surface area (Å²) in [6.07, 6.45) is 2.64. The number of rotatable bonds is 9. The van der Waals surface area contributed by atoms with Crippen molar-refractivity contribution in [2.24, 2.45) is 5.92 Å². The topological polar surface area (TPSA) is 125 Å². The average Bonchev–Trinajstić information content (AvgIpc) is 3.13. The van der Waals surface area contributed by atoms with Crippen molar-refractivity contribution >= 4 is 35.6 Å². The largest absolute Gasteiger partial charge is 0.480 e. The van der Waals surface area contributed by atoms with Crippen molar-refractivity contribution in [1.82, 2.24) is 15.5 Å². The van der Waals surface area contributed by atoms with Crippen LogP contribution in [0.4, 0.5) is 4.79 Å². The zero-order valence-electron chi connectivity index (χ0n) is 20.5. The molecule has 1 aliphatic rings. The number of aliphatic carboxylic acids is 1. The van der Waals surface area contributed by atoms with Crippen molar-refractivity contribution < 1.29 is 29.0 Å². The van der Waals surface area contributed by atoms with Crippen LogP contribution in [0.5, 0.6) is 0 Å². The number of nitrogens with zero attached hydrogens (tertiary/aromatic N) is 1. The van der Waals surface area contributed by atoms with Crippen molar-refractivity contribution in [2.75, 3.05) is 12.8 Å². The number of nitrogens with one attached hydrogen (secondary N) is 2. The van der Waals surface area contributed by atoms with Crippen LogP contribution in [-0.4, -0.2) is 75.2 Å². The number of ether oxygens (including phenoxy) is 1. The van der Waals surface area contributed by atoms with E-state index in [9.17, 15) is 24.3 Å². The number of carbonyl (C=O) groups excluding carboxylic acids is 3. The van der Waals surface area contributed by atoms with Gasteiger partial charge in [0, 0.05) is 11.3 Å². The lowest BCUT2D eigenvalue weighted by Crippen LogP contribution is -2.61. The lowest BCUT2D eigenvalue weighted by Gasteiger charge is -2.35. The summed E-state index contributed by atoms with van der Waals surface area (Å²) in [4.78, 5) is 51.8. The molecule has 0 aromatic carbocycles. The number of hydrogen-bond acceptors (Lipinski definition) is 6. The molecule has 0 saturated carbocycles. The van der Waals surface area contributed by atoms with Gasteiger partial charge in [0.15, 0.2) is 0 Å². The van der Waals surface area contributed by atoms with E-state index in [2.05, 4.69) is 10.6 Å². The van der Waals surface area contributed by atoms with Crippen molar-refractivity contribution in [3.8, 4) is 0 Å². The molecule has 3 N–H and O–H groups in total. The van der Waals surface area contributed by atoms with E-state index in [0.29, 0.717) is 19.4 Å². The molecule has 1 rings (SSSR count). The Morgan fingerprint density at radius 2 is 1.72 bits per heavy atom. The van der Waals surface area contributed by atoms with Crippen LogP contribution in [0.1, 0.15) is 67.7 Å². The van der Waals surface area contributed by atoms with Crippen molar-refractivity contribution in [3.63, 3.8) is 0 Å². The fourth-order valence-corrected chi connectivity index (χ4v) is 3.84. The molecule has 0 spiro atoms. The van der Waals surface area contributed by atoms with Gasteiger partial charge < -0.3 is 20.5 Å².